The highest BCUT2D eigenvalue weighted by molar-refractivity contribution is 7.90. The Hall–Kier alpha value is -1.11. The van der Waals surface area contributed by atoms with Gasteiger partial charge in [0.15, 0.2) is 9.84 Å². The van der Waals surface area contributed by atoms with Crippen LogP contribution in [0.3, 0.4) is 0 Å². The molecule has 0 amide bonds. The van der Waals surface area contributed by atoms with Gasteiger partial charge in [-0.05, 0) is 50.1 Å². The molecule has 1 aromatic carbocycles. The zero-order valence-electron chi connectivity index (χ0n) is 12.4. The maximum Gasteiger partial charge on any atom is 0.175 e. The Kier molecular flexibility index (Phi) is 5.61. The molecule has 1 fully saturated rings. The van der Waals surface area contributed by atoms with Gasteiger partial charge < -0.3 is 14.7 Å². The van der Waals surface area contributed by atoms with Crippen molar-refractivity contribution in [2.24, 2.45) is 0 Å². The Morgan fingerprint density at radius 1 is 1.33 bits per heavy atom. The Morgan fingerprint density at radius 3 is 2.67 bits per heavy atom. The van der Waals surface area contributed by atoms with E-state index in [0.717, 1.165) is 38.9 Å². The summed E-state index contributed by atoms with van der Waals surface area (Å²) >= 11 is 0. The molecule has 1 unspecified atom stereocenters. The van der Waals surface area contributed by atoms with E-state index in [4.69, 9.17) is 4.74 Å². The molecule has 118 valence electrons. The van der Waals surface area contributed by atoms with Gasteiger partial charge in [-0.15, -0.1) is 0 Å². The maximum absolute atomic E-state index is 11.3. The summed E-state index contributed by atoms with van der Waals surface area (Å²) in [6.45, 7) is 3.30. The van der Waals surface area contributed by atoms with E-state index in [1.807, 2.05) is 0 Å². The number of rotatable bonds is 6. The van der Waals surface area contributed by atoms with Gasteiger partial charge in [0, 0.05) is 19.3 Å². The smallest absolute Gasteiger partial charge is 0.175 e. The van der Waals surface area contributed by atoms with Crippen LogP contribution in [0.4, 0.5) is 0 Å². The third kappa shape index (κ3) is 5.30. The molecule has 0 aliphatic carbocycles. The van der Waals surface area contributed by atoms with E-state index in [2.05, 4.69) is 4.90 Å². The molecule has 0 spiro atoms. The van der Waals surface area contributed by atoms with E-state index < -0.39 is 9.84 Å². The van der Waals surface area contributed by atoms with Gasteiger partial charge in [0.2, 0.25) is 0 Å². The number of hydrogen-bond donors (Lipinski definition) is 1. The number of β-amino-alcohol motifs (C(OH)–C–C–N with tert-alkyl or cyclic N) is 1. The van der Waals surface area contributed by atoms with Crippen molar-refractivity contribution < 1.29 is 18.3 Å². The van der Waals surface area contributed by atoms with Crippen molar-refractivity contribution >= 4 is 9.84 Å². The van der Waals surface area contributed by atoms with E-state index in [9.17, 15) is 13.5 Å². The van der Waals surface area contributed by atoms with Crippen LogP contribution in [-0.2, 0) is 9.84 Å². The maximum atomic E-state index is 11.3. The summed E-state index contributed by atoms with van der Waals surface area (Å²) in [5, 5.41) is 9.58. The van der Waals surface area contributed by atoms with Crippen molar-refractivity contribution in [2.45, 2.75) is 30.3 Å². The molecule has 1 N–H and O–H groups in total. The molecule has 0 aromatic heterocycles. The van der Waals surface area contributed by atoms with Crippen molar-refractivity contribution in [3.63, 3.8) is 0 Å². The second-order valence-corrected chi connectivity index (χ2v) is 7.56. The summed E-state index contributed by atoms with van der Waals surface area (Å²) in [4.78, 5) is 2.56. The summed E-state index contributed by atoms with van der Waals surface area (Å²) in [6, 6.07) is 6.49. The minimum Gasteiger partial charge on any atom is -0.494 e. The number of aliphatic hydroxyl groups excluding tert-OH is 1. The summed E-state index contributed by atoms with van der Waals surface area (Å²) in [5.41, 5.74) is 0. The number of benzene rings is 1. The molecule has 1 aromatic rings. The second kappa shape index (κ2) is 7.24. The van der Waals surface area contributed by atoms with Gasteiger partial charge in [-0.2, -0.15) is 0 Å². The van der Waals surface area contributed by atoms with E-state index >= 15 is 0 Å². The molecule has 0 radical (unpaired) electrons. The number of nitrogens with zero attached hydrogens (tertiary/aromatic N) is 1. The Bertz CT molecular complexity index is 541. The third-order valence-electron chi connectivity index (χ3n) is 3.62. The molecule has 21 heavy (non-hydrogen) atoms. The first-order valence-corrected chi connectivity index (χ1v) is 9.17. The van der Waals surface area contributed by atoms with Gasteiger partial charge >= 0.3 is 0 Å². The van der Waals surface area contributed by atoms with Gasteiger partial charge in [-0.25, -0.2) is 8.42 Å². The highest BCUT2D eigenvalue weighted by atomic mass is 32.2. The SMILES string of the molecule is CS(=O)(=O)c1ccc(OCCCN2CCCC(O)C2)cc1. The lowest BCUT2D eigenvalue weighted by atomic mass is 10.1. The largest absolute Gasteiger partial charge is 0.494 e. The van der Waals surface area contributed by atoms with Crippen LogP contribution in [0.15, 0.2) is 29.2 Å². The molecule has 1 aliphatic rings. The fourth-order valence-electron chi connectivity index (χ4n) is 2.50. The summed E-state index contributed by atoms with van der Waals surface area (Å²) in [5.74, 6) is 0.682. The zero-order valence-corrected chi connectivity index (χ0v) is 13.2. The number of piperidine rings is 1. The number of ether oxygens (including phenoxy) is 1. The predicted octanol–water partition coefficient (Wildman–Crippen LogP) is 1.32. The Morgan fingerprint density at radius 2 is 2.05 bits per heavy atom. The van der Waals surface area contributed by atoms with Crippen LogP contribution in [0, 0.1) is 0 Å². The van der Waals surface area contributed by atoms with Crippen LogP contribution in [0.25, 0.3) is 0 Å². The van der Waals surface area contributed by atoms with E-state index in [1.54, 1.807) is 24.3 Å². The van der Waals surface area contributed by atoms with Crippen LogP contribution in [0.5, 0.6) is 5.75 Å². The molecule has 1 heterocycles. The minimum atomic E-state index is -3.15. The standard InChI is InChI=1S/C15H23NO4S/c1-21(18,19)15-7-5-14(6-8-15)20-11-3-10-16-9-2-4-13(17)12-16/h5-8,13,17H,2-4,9-12H2,1H3. The van der Waals surface area contributed by atoms with Crippen LogP contribution < -0.4 is 4.74 Å². The lowest BCUT2D eigenvalue weighted by molar-refractivity contribution is 0.0679. The summed E-state index contributed by atoms with van der Waals surface area (Å²) < 4.78 is 28.3. The topological polar surface area (TPSA) is 66.8 Å². The molecule has 1 saturated heterocycles. The van der Waals surface area contributed by atoms with Gasteiger partial charge in [0.1, 0.15) is 5.75 Å². The third-order valence-corrected chi connectivity index (χ3v) is 4.75. The van der Waals surface area contributed by atoms with Gasteiger partial charge in [0.05, 0.1) is 17.6 Å². The van der Waals surface area contributed by atoms with Crippen molar-refractivity contribution in [3.05, 3.63) is 24.3 Å². The number of hydrogen-bond acceptors (Lipinski definition) is 5. The fraction of sp³-hybridized carbons (Fsp3) is 0.600. The van der Waals surface area contributed by atoms with Crippen LogP contribution in [-0.4, -0.2) is 57.0 Å². The first-order chi connectivity index (χ1) is 9.95. The monoisotopic (exact) mass is 313 g/mol. The van der Waals surface area contributed by atoms with Crippen molar-refractivity contribution in [1.29, 1.82) is 0 Å². The minimum absolute atomic E-state index is 0.191. The Labute approximate surface area is 126 Å². The molecule has 0 bridgehead atoms. The van der Waals surface area contributed by atoms with E-state index in [-0.39, 0.29) is 6.10 Å². The molecule has 5 nitrogen and oxygen atoms in total. The molecule has 0 saturated carbocycles. The molecule has 1 aliphatic heterocycles. The van der Waals surface area contributed by atoms with E-state index in [1.165, 1.54) is 6.26 Å². The van der Waals surface area contributed by atoms with Crippen molar-refractivity contribution in [2.75, 3.05) is 32.5 Å². The lowest BCUT2D eigenvalue weighted by Crippen LogP contribution is -2.39. The van der Waals surface area contributed by atoms with Crippen LogP contribution >= 0.6 is 0 Å². The van der Waals surface area contributed by atoms with Crippen molar-refractivity contribution in [1.82, 2.24) is 4.90 Å². The van der Waals surface area contributed by atoms with E-state index in [0.29, 0.717) is 17.3 Å². The predicted molar refractivity (Wildman–Crippen MR) is 81.3 cm³/mol. The summed E-state index contributed by atoms with van der Waals surface area (Å²) in [7, 11) is -3.15. The Balaban J connectivity index is 1.71. The molecule has 6 heteroatoms. The van der Waals surface area contributed by atoms with Crippen LogP contribution in [0.1, 0.15) is 19.3 Å². The fourth-order valence-corrected chi connectivity index (χ4v) is 3.13. The first kappa shape index (κ1) is 16.3. The lowest BCUT2D eigenvalue weighted by Gasteiger charge is -2.29. The first-order valence-electron chi connectivity index (χ1n) is 7.28. The summed E-state index contributed by atoms with van der Waals surface area (Å²) in [6.07, 6.45) is 3.84. The quantitative estimate of drug-likeness (QED) is 0.802. The normalized spacial score (nSPS) is 20.4. The highest BCUT2D eigenvalue weighted by Gasteiger charge is 2.16. The molecular weight excluding hydrogens is 290 g/mol. The molecular formula is C15H23NO4S. The second-order valence-electron chi connectivity index (χ2n) is 5.54. The van der Waals surface area contributed by atoms with Crippen LogP contribution in [0.2, 0.25) is 0 Å². The number of sulfone groups is 1. The molecule has 2 rings (SSSR count). The highest BCUT2D eigenvalue weighted by Crippen LogP contribution is 2.16. The number of likely N-dealkylation sites (tertiary alicyclic amines) is 1. The average Bonchev–Trinajstić information content (AvgIpc) is 2.43. The van der Waals surface area contributed by atoms with Gasteiger partial charge in [-0.3, -0.25) is 0 Å². The zero-order chi connectivity index (χ0) is 15.3. The van der Waals surface area contributed by atoms with Crippen molar-refractivity contribution in [3.8, 4) is 5.75 Å². The average molecular weight is 313 g/mol. The van der Waals surface area contributed by atoms with Gasteiger partial charge in [-0.1, -0.05) is 0 Å². The number of aliphatic hydroxyl groups is 1. The van der Waals surface area contributed by atoms with Gasteiger partial charge in [0.25, 0.3) is 0 Å². The molecule has 1 atom stereocenters.